The molecule has 1 unspecified atom stereocenters. The summed E-state index contributed by atoms with van der Waals surface area (Å²) in [6, 6.07) is 53.8. The van der Waals surface area contributed by atoms with Gasteiger partial charge in [-0.05, 0) is 87.3 Å². The van der Waals surface area contributed by atoms with E-state index in [0.29, 0.717) is 5.92 Å². The SMILES string of the molecule is CC(C)c1ccc2c(c1)-c1ccccc1C21c2ccccc2Sc2cc(N(c3ccccc3)c3ccccc3)ccc21. The van der Waals surface area contributed by atoms with Crippen LogP contribution in [0.25, 0.3) is 11.1 Å². The molecular weight excluding hydrogens is 527 g/mol. The highest BCUT2D eigenvalue weighted by molar-refractivity contribution is 7.99. The summed E-state index contributed by atoms with van der Waals surface area (Å²) in [5.41, 5.74) is 12.7. The second-order valence-electron chi connectivity index (χ2n) is 11.5. The first-order valence-electron chi connectivity index (χ1n) is 14.7. The average Bonchev–Trinajstić information content (AvgIpc) is 3.32. The summed E-state index contributed by atoms with van der Waals surface area (Å²) in [7, 11) is 0. The number of rotatable bonds is 4. The Balaban J connectivity index is 1.41. The molecule has 8 rings (SSSR count). The molecule has 0 radical (unpaired) electrons. The van der Waals surface area contributed by atoms with Gasteiger partial charge in [-0.1, -0.05) is 129 Å². The number of hydrogen-bond donors (Lipinski definition) is 0. The molecule has 1 aliphatic heterocycles. The number of hydrogen-bond acceptors (Lipinski definition) is 2. The molecule has 1 atom stereocenters. The van der Waals surface area contributed by atoms with Crippen LogP contribution in [0.15, 0.2) is 155 Å². The molecule has 2 aliphatic rings. The standard InChI is InChI=1S/C40H31NS/c1-27(2)28-21-23-35-33(25-28)32-17-9-10-18-34(32)40(35)36-19-11-12-20-38(36)42-39-26-31(22-24-37(39)40)41(29-13-5-3-6-14-29)30-15-7-4-8-16-30/h3-27H,1-2H3. The van der Waals surface area contributed by atoms with Crippen molar-refractivity contribution in [2.24, 2.45) is 0 Å². The van der Waals surface area contributed by atoms with Gasteiger partial charge in [-0.2, -0.15) is 0 Å². The van der Waals surface area contributed by atoms with Crippen molar-refractivity contribution in [3.05, 3.63) is 173 Å². The normalized spacial score (nSPS) is 16.1. The van der Waals surface area contributed by atoms with Crippen LogP contribution >= 0.6 is 11.8 Å². The third kappa shape index (κ3) is 3.65. The van der Waals surface area contributed by atoms with E-state index < -0.39 is 0 Å². The third-order valence-electron chi connectivity index (χ3n) is 8.90. The first-order chi connectivity index (χ1) is 20.7. The molecule has 42 heavy (non-hydrogen) atoms. The smallest absolute Gasteiger partial charge is 0.0735 e. The molecule has 0 amide bonds. The fraction of sp³-hybridized carbons (Fsp3) is 0.100. The second kappa shape index (κ2) is 9.79. The summed E-state index contributed by atoms with van der Waals surface area (Å²) in [5.74, 6) is 0.477. The van der Waals surface area contributed by atoms with Crippen LogP contribution < -0.4 is 4.90 Å². The van der Waals surface area contributed by atoms with Crippen LogP contribution in [0.3, 0.4) is 0 Å². The van der Waals surface area contributed by atoms with Gasteiger partial charge in [-0.15, -0.1) is 0 Å². The van der Waals surface area contributed by atoms with Gasteiger partial charge in [0.1, 0.15) is 0 Å². The molecule has 202 valence electrons. The number of nitrogens with zero attached hydrogens (tertiary/aromatic N) is 1. The molecule has 0 saturated heterocycles. The Morgan fingerprint density at radius 2 is 1.05 bits per heavy atom. The van der Waals surface area contributed by atoms with E-state index in [1.54, 1.807) is 0 Å². The summed E-state index contributed by atoms with van der Waals surface area (Å²) >= 11 is 1.90. The van der Waals surface area contributed by atoms with E-state index >= 15 is 0 Å². The van der Waals surface area contributed by atoms with E-state index in [2.05, 4.69) is 164 Å². The van der Waals surface area contributed by atoms with Crippen molar-refractivity contribution in [3.63, 3.8) is 0 Å². The molecule has 0 N–H and O–H groups in total. The molecule has 1 aliphatic carbocycles. The molecule has 1 heterocycles. The Hall–Kier alpha value is -4.53. The van der Waals surface area contributed by atoms with E-state index in [1.807, 2.05) is 11.8 Å². The van der Waals surface area contributed by atoms with Gasteiger partial charge in [0.25, 0.3) is 0 Å². The molecular formula is C40H31NS. The van der Waals surface area contributed by atoms with Gasteiger partial charge in [0.15, 0.2) is 0 Å². The maximum absolute atomic E-state index is 2.44. The van der Waals surface area contributed by atoms with Crippen molar-refractivity contribution in [2.75, 3.05) is 4.90 Å². The summed E-state index contributed by atoms with van der Waals surface area (Å²) in [6.07, 6.45) is 0. The minimum Gasteiger partial charge on any atom is -0.310 e. The lowest BCUT2D eigenvalue weighted by Crippen LogP contribution is -2.32. The van der Waals surface area contributed by atoms with Crippen molar-refractivity contribution < 1.29 is 0 Å². The zero-order valence-corrected chi connectivity index (χ0v) is 24.6. The second-order valence-corrected chi connectivity index (χ2v) is 12.6. The summed E-state index contributed by atoms with van der Waals surface area (Å²) in [6.45, 7) is 4.57. The van der Waals surface area contributed by atoms with Crippen molar-refractivity contribution >= 4 is 28.8 Å². The highest BCUT2D eigenvalue weighted by atomic mass is 32.2. The Kier molecular flexibility index (Phi) is 5.87. The van der Waals surface area contributed by atoms with E-state index in [-0.39, 0.29) is 5.41 Å². The predicted molar refractivity (Wildman–Crippen MR) is 177 cm³/mol. The predicted octanol–water partition coefficient (Wildman–Crippen LogP) is 11.1. The van der Waals surface area contributed by atoms with Crippen LogP contribution in [-0.4, -0.2) is 0 Å². The largest absolute Gasteiger partial charge is 0.310 e. The number of para-hydroxylation sites is 2. The van der Waals surface area contributed by atoms with Crippen LogP contribution in [0.2, 0.25) is 0 Å². The molecule has 1 spiro atoms. The Labute approximate surface area is 252 Å². The van der Waals surface area contributed by atoms with E-state index in [0.717, 1.165) is 17.1 Å². The summed E-state index contributed by atoms with van der Waals surface area (Å²) < 4.78 is 0. The zero-order chi connectivity index (χ0) is 28.3. The Bertz CT molecular complexity index is 1900. The monoisotopic (exact) mass is 557 g/mol. The van der Waals surface area contributed by atoms with Crippen molar-refractivity contribution in [1.82, 2.24) is 0 Å². The van der Waals surface area contributed by atoms with Crippen molar-refractivity contribution in [2.45, 2.75) is 35.0 Å². The van der Waals surface area contributed by atoms with Gasteiger partial charge < -0.3 is 4.90 Å². The zero-order valence-electron chi connectivity index (χ0n) is 23.8. The highest BCUT2D eigenvalue weighted by Crippen LogP contribution is 2.62. The fourth-order valence-electron chi connectivity index (χ4n) is 7.02. The molecule has 6 aromatic carbocycles. The molecule has 0 bridgehead atoms. The summed E-state index contributed by atoms with van der Waals surface area (Å²) in [4.78, 5) is 4.99. The van der Waals surface area contributed by atoms with Crippen LogP contribution in [0.1, 0.15) is 47.6 Å². The van der Waals surface area contributed by atoms with Gasteiger partial charge in [-0.25, -0.2) is 0 Å². The lowest BCUT2D eigenvalue weighted by atomic mass is 9.67. The van der Waals surface area contributed by atoms with Gasteiger partial charge in [-0.3, -0.25) is 0 Å². The molecule has 1 nitrogen and oxygen atoms in total. The minimum absolute atomic E-state index is 0.360. The molecule has 0 fully saturated rings. The minimum atomic E-state index is -0.360. The van der Waals surface area contributed by atoms with Crippen LogP contribution in [0.4, 0.5) is 17.1 Å². The fourth-order valence-corrected chi connectivity index (χ4v) is 8.24. The summed E-state index contributed by atoms with van der Waals surface area (Å²) in [5, 5.41) is 0. The molecule has 0 saturated carbocycles. The average molecular weight is 558 g/mol. The quantitative estimate of drug-likeness (QED) is 0.212. The third-order valence-corrected chi connectivity index (χ3v) is 10.0. The van der Waals surface area contributed by atoms with Crippen molar-refractivity contribution in [1.29, 1.82) is 0 Å². The lowest BCUT2D eigenvalue weighted by molar-refractivity contribution is 0.721. The van der Waals surface area contributed by atoms with Gasteiger partial charge in [0.2, 0.25) is 0 Å². The van der Waals surface area contributed by atoms with Gasteiger partial charge in [0.05, 0.1) is 5.41 Å². The maximum atomic E-state index is 2.44. The molecule has 6 aromatic rings. The van der Waals surface area contributed by atoms with E-state index in [1.165, 1.54) is 48.7 Å². The van der Waals surface area contributed by atoms with Crippen molar-refractivity contribution in [3.8, 4) is 11.1 Å². The Morgan fingerprint density at radius 3 is 1.76 bits per heavy atom. The molecule has 2 heteroatoms. The van der Waals surface area contributed by atoms with E-state index in [4.69, 9.17) is 0 Å². The number of fused-ring (bicyclic) bond motifs is 9. The topological polar surface area (TPSA) is 3.24 Å². The van der Waals surface area contributed by atoms with E-state index in [9.17, 15) is 0 Å². The highest BCUT2D eigenvalue weighted by Gasteiger charge is 2.50. The number of benzene rings is 6. The van der Waals surface area contributed by atoms with Gasteiger partial charge >= 0.3 is 0 Å². The number of anilines is 3. The van der Waals surface area contributed by atoms with Crippen LogP contribution in [0, 0.1) is 0 Å². The van der Waals surface area contributed by atoms with Crippen LogP contribution in [-0.2, 0) is 5.41 Å². The van der Waals surface area contributed by atoms with Crippen LogP contribution in [0.5, 0.6) is 0 Å². The molecule has 0 aromatic heterocycles. The first kappa shape index (κ1) is 25.2. The maximum Gasteiger partial charge on any atom is 0.0735 e. The Morgan fingerprint density at radius 1 is 0.476 bits per heavy atom. The lowest BCUT2D eigenvalue weighted by Gasteiger charge is -2.40. The van der Waals surface area contributed by atoms with Gasteiger partial charge in [0, 0.05) is 26.9 Å². The first-order valence-corrected chi connectivity index (χ1v) is 15.5.